The Morgan fingerprint density at radius 3 is 2.29 bits per heavy atom. The van der Waals surface area contributed by atoms with E-state index < -0.39 is 103 Å². The first-order valence-electron chi connectivity index (χ1n) is 15.0. The van der Waals surface area contributed by atoms with E-state index in [0.717, 1.165) is 12.1 Å². The average Bonchev–Trinajstić information content (AvgIpc) is 3.65. The van der Waals surface area contributed by atoms with Gasteiger partial charge in [-0.3, -0.25) is 4.79 Å². The minimum absolute atomic E-state index is 0.105. The maximum atomic E-state index is 13.4. The maximum Gasteiger partial charge on any atom is 0.420 e. The Bertz CT molecular complexity index is 1590. The lowest BCUT2D eigenvalue weighted by Crippen LogP contribution is -2.67. The van der Waals surface area contributed by atoms with E-state index in [-0.39, 0.29) is 23.7 Å². The zero-order chi connectivity index (χ0) is 35.8. The number of aromatic hydroxyl groups is 1. The van der Waals surface area contributed by atoms with Gasteiger partial charge in [0.15, 0.2) is 11.5 Å². The molecule has 1 aliphatic carbocycles. The number of amides is 1. The summed E-state index contributed by atoms with van der Waals surface area (Å²) in [6.45, 7) is 2.32. The van der Waals surface area contributed by atoms with Crippen LogP contribution in [0.25, 0.3) is 6.08 Å². The Kier molecular flexibility index (Phi) is 10.9. The van der Waals surface area contributed by atoms with Gasteiger partial charge in [0.25, 0.3) is 0 Å². The predicted octanol–water partition coefficient (Wildman–Crippen LogP) is 1.13. The van der Waals surface area contributed by atoms with Gasteiger partial charge in [0.2, 0.25) is 12.2 Å². The molecule has 7 N–H and O–H groups in total. The molecule has 0 unspecified atom stereocenters. The Balaban J connectivity index is 1.19. The molecule has 2 saturated heterocycles. The molecule has 0 radical (unpaired) electrons. The molecule has 5 rings (SSSR count). The number of benzene rings is 2. The lowest BCUT2D eigenvalue weighted by atomic mass is 9.83. The molecule has 1 saturated carbocycles. The smallest absolute Gasteiger partial charge is 0.420 e. The highest BCUT2D eigenvalue weighted by molar-refractivity contribution is 5.97. The first-order chi connectivity index (χ1) is 23.1. The second kappa shape index (κ2) is 14.6. The molecule has 2 aromatic rings. The van der Waals surface area contributed by atoms with Crippen molar-refractivity contribution in [3.05, 3.63) is 70.6 Å². The normalized spacial score (nSPS) is 32.1. The van der Waals surface area contributed by atoms with Crippen LogP contribution < -0.4 is 14.8 Å². The number of carbonyl (C=O) groups is 1. The van der Waals surface area contributed by atoms with Crippen LogP contribution in [0.5, 0.6) is 17.2 Å². The van der Waals surface area contributed by atoms with Crippen molar-refractivity contribution in [1.29, 1.82) is 0 Å². The number of rotatable bonds is 9. The molecular weight excluding hydrogens is 666 g/mol. The van der Waals surface area contributed by atoms with Gasteiger partial charge in [-0.2, -0.15) is 13.2 Å². The number of aliphatic hydroxyl groups is 5. The van der Waals surface area contributed by atoms with Gasteiger partial charge in [0.05, 0.1) is 6.04 Å². The van der Waals surface area contributed by atoms with Gasteiger partial charge in [0.1, 0.15) is 79.4 Å². The van der Waals surface area contributed by atoms with E-state index in [1.165, 1.54) is 44.2 Å². The molecule has 2 heterocycles. The van der Waals surface area contributed by atoms with Crippen molar-refractivity contribution in [2.45, 2.75) is 81.2 Å². The van der Waals surface area contributed by atoms with Gasteiger partial charge in [-0.05, 0) is 67.5 Å². The molecule has 2 aromatic carbocycles. The van der Waals surface area contributed by atoms with E-state index in [1.807, 2.05) is 0 Å². The van der Waals surface area contributed by atoms with Gasteiger partial charge < -0.3 is 59.6 Å². The highest BCUT2D eigenvalue weighted by Crippen LogP contribution is 2.37. The van der Waals surface area contributed by atoms with Gasteiger partial charge in [-0.15, -0.1) is 0 Å². The van der Waals surface area contributed by atoms with E-state index in [2.05, 4.69) is 5.32 Å². The quantitative estimate of drug-likeness (QED) is 0.112. The molecule has 13 nitrogen and oxygen atoms in total. The summed E-state index contributed by atoms with van der Waals surface area (Å²) >= 11 is 0. The summed E-state index contributed by atoms with van der Waals surface area (Å²) in [6.07, 6.45) is -14.1. The molecule has 3 aliphatic rings. The summed E-state index contributed by atoms with van der Waals surface area (Å²) in [6, 6.07) is 4.70. The molecule has 3 fully saturated rings. The van der Waals surface area contributed by atoms with Gasteiger partial charge in [0, 0.05) is 5.57 Å². The van der Waals surface area contributed by atoms with Crippen LogP contribution >= 0.6 is 0 Å². The molecule has 49 heavy (non-hydrogen) atoms. The largest absolute Gasteiger partial charge is 0.504 e. The topological polar surface area (TPSA) is 197 Å². The number of hydrogen-bond donors (Lipinski definition) is 7. The zero-order valence-electron chi connectivity index (χ0n) is 26.0. The summed E-state index contributed by atoms with van der Waals surface area (Å²) < 4.78 is 79.9. The van der Waals surface area contributed by atoms with Crippen molar-refractivity contribution in [2.75, 3.05) is 13.4 Å². The third-order valence-corrected chi connectivity index (χ3v) is 8.43. The van der Waals surface area contributed by atoms with Crippen molar-refractivity contribution >= 4 is 12.0 Å². The lowest BCUT2D eigenvalue weighted by molar-refractivity contribution is -0.155. The van der Waals surface area contributed by atoms with E-state index in [9.17, 15) is 53.0 Å². The molecule has 0 spiro atoms. The van der Waals surface area contributed by atoms with E-state index in [1.54, 1.807) is 0 Å². The molecule has 0 bridgehead atoms. The van der Waals surface area contributed by atoms with Crippen LogP contribution in [0.3, 0.4) is 0 Å². The van der Waals surface area contributed by atoms with Crippen LogP contribution in [-0.2, 0) is 25.2 Å². The minimum atomic E-state index is -4.86. The SMILES string of the molecule is CC(=Cc1ccc(O[C@@H]2O[C@H](C(C)=CCOc3ccc(F)cc3C(F)(F)F)[C@@H](O)[C@@H]2O)c(O)c1)C(=O)N[C@@H]1[C@H](O)[C@@H](O)[C@H]2OCO[C@H]2[C@@H]1O. The first kappa shape index (κ1) is 36.5. The molecular formula is C32H35F4NO12. The third-order valence-electron chi connectivity index (χ3n) is 8.43. The standard InChI is InChI=1S/C32H35F4NO12/c1-13(7-8-45-19-6-4-16(33)11-17(19)32(34,35)36)27-25(42)26(43)31(49-27)48-20-5-3-15(10-18(20)38)9-14(2)30(44)37-21-22(39)24(41)29-28(23(21)40)46-12-47-29/h3-7,9-11,21-29,31,38-43H,8,12H2,1-2H3,(H,37,44)/t21-,22+,23-,24-,25+,26+,27-,28+,29-,31-/m1/s1. The van der Waals surface area contributed by atoms with E-state index >= 15 is 0 Å². The number of hydrogen-bond acceptors (Lipinski definition) is 12. The Hall–Kier alpha value is -3.81. The summed E-state index contributed by atoms with van der Waals surface area (Å²) in [5.74, 6) is -2.97. The summed E-state index contributed by atoms with van der Waals surface area (Å²) in [4.78, 5) is 12.9. The first-order valence-corrected chi connectivity index (χ1v) is 15.0. The third kappa shape index (κ3) is 7.84. The van der Waals surface area contributed by atoms with Crippen molar-refractivity contribution in [1.82, 2.24) is 5.32 Å². The maximum absolute atomic E-state index is 13.4. The second-order valence-corrected chi connectivity index (χ2v) is 11.8. The van der Waals surface area contributed by atoms with Crippen molar-refractivity contribution in [3.8, 4) is 17.2 Å². The number of nitrogens with one attached hydrogen (secondary N) is 1. The molecule has 2 aliphatic heterocycles. The van der Waals surface area contributed by atoms with Crippen LogP contribution in [0.15, 0.2) is 53.6 Å². The lowest BCUT2D eigenvalue weighted by Gasteiger charge is -2.41. The second-order valence-electron chi connectivity index (χ2n) is 11.8. The molecule has 10 atom stereocenters. The Morgan fingerprint density at radius 1 is 0.939 bits per heavy atom. The summed E-state index contributed by atoms with van der Waals surface area (Å²) in [5, 5.41) is 65.5. The van der Waals surface area contributed by atoms with Crippen LogP contribution in [0.1, 0.15) is 25.0 Å². The Morgan fingerprint density at radius 2 is 1.61 bits per heavy atom. The number of phenols is 1. The number of phenolic OH excluding ortho intramolecular Hbond substituents is 1. The van der Waals surface area contributed by atoms with E-state index in [4.69, 9.17) is 23.7 Å². The van der Waals surface area contributed by atoms with Crippen LogP contribution in [-0.4, -0.2) is 111 Å². The minimum Gasteiger partial charge on any atom is -0.504 e. The molecule has 268 valence electrons. The van der Waals surface area contributed by atoms with Crippen LogP contribution in [0.4, 0.5) is 17.6 Å². The fraction of sp³-hybridized carbons (Fsp3) is 0.469. The molecule has 0 aromatic heterocycles. The van der Waals surface area contributed by atoms with Crippen LogP contribution in [0, 0.1) is 5.82 Å². The van der Waals surface area contributed by atoms with Gasteiger partial charge in [-0.25, -0.2) is 4.39 Å². The van der Waals surface area contributed by atoms with Gasteiger partial charge >= 0.3 is 6.18 Å². The van der Waals surface area contributed by atoms with E-state index in [0.29, 0.717) is 11.6 Å². The zero-order valence-corrected chi connectivity index (χ0v) is 26.0. The highest BCUT2D eigenvalue weighted by Gasteiger charge is 2.53. The number of halogens is 4. The van der Waals surface area contributed by atoms with Crippen molar-refractivity contribution in [3.63, 3.8) is 0 Å². The molecule has 1 amide bonds. The fourth-order valence-corrected chi connectivity index (χ4v) is 5.73. The number of alkyl halides is 3. The molecule has 17 heteroatoms. The number of carbonyl (C=O) groups excluding carboxylic acids is 1. The van der Waals surface area contributed by atoms with Gasteiger partial charge in [-0.1, -0.05) is 6.07 Å². The van der Waals surface area contributed by atoms with Crippen LogP contribution in [0.2, 0.25) is 0 Å². The monoisotopic (exact) mass is 701 g/mol. The van der Waals surface area contributed by atoms with Crippen molar-refractivity contribution < 1.29 is 76.7 Å². The number of ether oxygens (including phenoxy) is 5. The summed E-state index contributed by atoms with van der Waals surface area (Å²) in [7, 11) is 0. The summed E-state index contributed by atoms with van der Waals surface area (Å²) in [5.41, 5.74) is -0.589. The predicted molar refractivity (Wildman–Crippen MR) is 158 cm³/mol. The Labute approximate surface area is 276 Å². The average molecular weight is 702 g/mol. The van der Waals surface area contributed by atoms with Crippen molar-refractivity contribution in [2.24, 2.45) is 0 Å². The highest BCUT2D eigenvalue weighted by atomic mass is 19.4. The number of aliphatic hydroxyl groups excluding tert-OH is 5. The number of fused-ring (bicyclic) bond motifs is 1. The fourth-order valence-electron chi connectivity index (χ4n) is 5.73.